The predicted octanol–water partition coefficient (Wildman–Crippen LogP) is 0.889. The van der Waals surface area contributed by atoms with Gasteiger partial charge in [-0.25, -0.2) is 0 Å². The Labute approximate surface area is 125 Å². The van der Waals surface area contributed by atoms with Crippen LogP contribution in [0.4, 0.5) is 0 Å². The van der Waals surface area contributed by atoms with Crippen molar-refractivity contribution in [3.8, 4) is 0 Å². The third kappa shape index (κ3) is 4.04. The summed E-state index contributed by atoms with van der Waals surface area (Å²) in [7, 11) is 1.84. The van der Waals surface area contributed by atoms with Crippen LogP contribution in [-0.2, 0) is 4.79 Å². The second-order valence-electron chi connectivity index (χ2n) is 5.39. The van der Waals surface area contributed by atoms with Crippen molar-refractivity contribution in [3.05, 3.63) is 35.4 Å². The van der Waals surface area contributed by atoms with Crippen LogP contribution in [0.3, 0.4) is 0 Å². The van der Waals surface area contributed by atoms with Crippen molar-refractivity contribution in [2.24, 2.45) is 0 Å². The predicted molar refractivity (Wildman–Crippen MR) is 82.2 cm³/mol. The summed E-state index contributed by atoms with van der Waals surface area (Å²) >= 11 is 0. The van der Waals surface area contributed by atoms with Crippen LogP contribution >= 0.6 is 0 Å². The highest BCUT2D eigenvalue weighted by Crippen LogP contribution is 2.10. The minimum absolute atomic E-state index is 0.0531. The molecule has 2 rings (SSSR count). The highest BCUT2D eigenvalue weighted by molar-refractivity contribution is 5.94. The van der Waals surface area contributed by atoms with E-state index in [9.17, 15) is 9.59 Å². The molecule has 0 aliphatic carbocycles. The zero-order valence-corrected chi connectivity index (χ0v) is 12.8. The van der Waals surface area contributed by atoms with Gasteiger partial charge in [-0.3, -0.25) is 9.59 Å². The molecule has 0 radical (unpaired) electrons. The van der Waals surface area contributed by atoms with Crippen molar-refractivity contribution in [2.45, 2.75) is 13.3 Å². The average Bonchev–Trinajstić information content (AvgIpc) is 2.53. The van der Waals surface area contributed by atoms with Crippen LogP contribution in [-0.4, -0.2) is 61.4 Å². The molecule has 2 amide bonds. The first kappa shape index (κ1) is 15.5. The van der Waals surface area contributed by atoms with Gasteiger partial charge in [0.05, 0.1) is 0 Å². The molecule has 5 heteroatoms. The van der Waals surface area contributed by atoms with Gasteiger partial charge in [0.1, 0.15) is 0 Å². The lowest BCUT2D eigenvalue weighted by atomic mass is 10.1. The molecular weight excluding hydrogens is 266 g/mol. The largest absolute Gasteiger partial charge is 0.339 e. The molecule has 0 bridgehead atoms. The maximum atomic E-state index is 12.4. The van der Waals surface area contributed by atoms with E-state index in [0.29, 0.717) is 39.1 Å². The van der Waals surface area contributed by atoms with Crippen LogP contribution in [0.2, 0.25) is 0 Å². The van der Waals surface area contributed by atoms with E-state index in [0.717, 1.165) is 11.1 Å². The van der Waals surface area contributed by atoms with Crippen molar-refractivity contribution in [2.75, 3.05) is 39.8 Å². The molecule has 1 aromatic rings. The molecule has 1 N–H and O–H groups in total. The number of hydrogen-bond donors (Lipinski definition) is 1. The molecule has 1 saturated heterocycles. The number of rotatable bonds is 4. The molecule has 1 heterocycles. The zero-order valence-electron chi connectivity index (χ0n) is 12.8. The lowest BCUT2D eigenvalue weighted by molar-refractivity contribution is -0.132. The van der Waals surface area contributed by atoms with Gasteiger partial charge in [-0.1, -0.05) is 17.7 Å². The van der Waals surface area contributed by atoms with Gasteiger partial charge in [0.15, 0.2) is 0 Å². The summed E-state index contributed by atoms with van der Waals surface area (Å²) in [5.41, 5.74) is 1.86. The third-order valence-electron chi connectivity index (χ3n) is 3.81. The normalized spacial score (nSPS) is 15.1. The molecular formula is C16H23N3O2. The third-order valence-corrected chi connectivity index (χ3v) is 3.81. The lowest BCUT2D eigenvalue weighted by Crippen LogP contribution is -2.50. The van der Waals surface area contributed by atoms with Gasteiger partial charge in [0.25, 0.3) is 5.91 Å². The van der Waals surface area contributed by atoms with E-state index in [2.05, 4.69) is 5.32 Å². The number of hydrogen-bond acceptors (Lipinski definition) is 3. The molecule has 1 fully saturated rings. The Morgan fingerprint density at radius 2 is 1.62 bits per heavy atom. The van der Waals surface area contributed by atoms with Gasteiger partial charge in [-0.05, 0) is 26.1 Å². The van der Waals surface area contributed by atoms with E-state index in [1.807, 2.05) is 48.0 Å². The first-order valence-corrected chi connectivity index (χ1v) is 7.40. The summed E-state index contributed by atoms with van der Waals surface area (Å²) in [6.45, 7) is 5.17. The summed E-state index contributed by atoms with van der Waals surface area (Å²) in [5, 5.41) is 2.98. The molecule has 0 unspecified atom stereocenters. The van der Waals surface area contributed by atoms with Crippen LogP contribution < -0.4 is 5.32 Å². The topological polar surface area (TPSA) is 52.7 Å². The van der Waals surface area contributed by atoms with E-state index < -0.39 is 0 Å². The van der Waals surface area contributed by atoms with E-state index in [1.165, 1.54) is 0 Å². The number of aryl methyl sites for hydroxylation is 1. The Morgan fingerprint density at radius 3 is 2.19 bits per heavy atom. The molecule has 21 heavy (non-hydrogen) atoms. The molecule has 0 aromatic heterocycles. The van der Waals surface area contributed by atoms with Gasteiger partial charge in [-0.2, -0.15) is 0 Å². The molecule has 0 spiro atoms. The first-order chi connectivity index (χ1) is 10.1. The average molecular weight is 289 g/mol. The van der Waals surface area contributed by atoms with Gasteiger partial charge in [-0.15, -0.1) is 0 Å². The fourth-order valence-electron chi connectivity index (χ4n) is 2.43. The number of nitrogens with one attached hydrogen (secondary N) is 1. The molecule has 0 saturated carbocycles. The highest BCUT2D eigenvalue weighted by Gasteiger charge is 2.24. The van der Waals surface area contributed by atoms with E-state index in [-0.39, 0.29) is 11.8 Å². The Kier molecular flexibility index (Phi) is 5.33. The number of carbonyl (C=O) groups is 2. The van der Waals surface area contributed by atoms with Crippen LogP contribution in [0.15, 0.2) is 24.3 Å². The van der Waals surface area contributed by atoms with Gasteiger partial charge in [0, 0.05) is 44.7 Å². The Bertz CT molecular complexity index is 491. The summed E-state index contributed by atoms with van der Waals surface area (Å²) in [4.78, 5) is 28.0. The van der Waals surface area contributed by atoms with Crippen LogP contribution in [0.25, 0.3) is 0 Å². The molecule has 5 nitrogen and oxygen atoms in total. The van der Waals surface area contributed by atoms with Gasteiger partial charge < -0.3 is 15.1 Å². The summed E-state index contributed by atoms with van der Waals surface area (Å²) < 4.78 is 0. The maximum Gasteiger partial charge on any atom is 0.253 e. The second kappa shape index (κ2) is 7.22. The first-order valence-electron chi connectivity index (χ1n) is 7.40. The minimum Gasteiger partial charge on any atom is -0.339 e. The smallest absolute Gasteiger partial charge is 0.253 e. The van der Waals surface area contributed by atoms with Crippen LogP contribution in [0, 0.1) is 6.92 Å². The summed E-state index contributed by atoms with van der Waals surface area (Å²) in [5.74, 6) is 0.212. The van der Waals surface area contributed by atoms with Gasteiger partial charge in [0.2, 0.25) is 5.91 Å². The maximum absolute atomic E-state index is 12.4. The van der Waals surface area contributed by atoms with Crippen molar-refractivity contribution in [1.29, 1.82) is 0 Å². The molecule has 1 aliphatic rings. The fourth-order valence-corrected chi connectivity index (χ4v) is 2.43. The van der Waals surface area contributed by atoms with E-state index in [4.69, 9.17) is 0 Å². The Morgan fingerprint density at radius 1 is 1.05 bits per heavy atom. The monoisotopic (exact) mass is 289 g/mol. The number of nitrogens with zero attached hydrogens (tertiary/aromatic N) is 2. The van der Waals surface area contributed by atoms with Crippen LogP contribution in [0.5, 0.6) is 0 Å². The quantitative estimate of drug-likeness (QED) is 0.895. The Balaban J connectivity index is 1.87. The highest BCUT2D eigenvalue weighted by atomic mass is 16.2. The summed E-state index contributed by atoms with van der Waals surface area (Å²) in [6, 6.07) is 7.62. The van der Waals surface area contributed by atoms with Crippen molar-refractivity contribution >= 4 is 11.8 Å². The number of piperazine rings is 1. The second-order valence-corrected chi connectivity index (χ2v) is 5.39. The fraction of sp³-hybridized carbons (Fsp3) is 0.500. The van der Waals surface area contributed by atoms with E-state index >= 15 is 0 Å². The lowest BCUT2D eigenvalue weighted by Gasteiger charge is -2.35. The summed E-state index contributed by atoms with van der Waals surface area (Å²) in [6.07, 6.45) is 0.516. The number of benzene rings is 1. The van der Waals surface area contributed by atoms with Crippen molar-refractivity contribution < 1.29 is 9.59 Å². The number of carbonyl (C=O) groups excluding carboxylic acids is 2. The molecule has 1 aromatic carbocycles. The van der Waals surface area contributed by atoms with E-state index in [1.54, 1.807) is 0 Å². The van der Waals surface area contributed by atoms with Gasteiger partial charge >= 0.3 is 0 Å². The zero-order chi connectivity index (χ0) is 15.2. The molecule has 1 aliphatic heterocycles. The molecule has 114 valence electrons. The van der Waals surface area contributed by atoms with Crippen LogP contribution in [0.1, 0.15) is 22.3 Å². The minimum atomic E-state index is 0.0531. The van der Waals surface area contributed by atoms with Crippen molar-refractivity contribution in [1.82, 2.24) is 15.1 Å². The Hall–Kier alpha value is -1.88. The number of amides is 2. The standard InChI is InChI=1S/C16H23N3O2/c1-13-3-5-14(6-4-13)16(21)19-11-9-18(10-12-19)15(20)7-8-17-2/h3-6,17H,7-12H2,1-2H3. The van der Waals surface area contributed by atoms with Crippen molar-refractivity contribution in [3.63, 3.8) is 0 Å². The SMILES string of the molecule is CNCCC(=O)N1CCN(C(=O)c2ccc(C)cc2)CC1. The molecule has 0 atom stereocenters.